The molecule has 2 aromatic carbocycles. The molecular formula is C28H38BrN3O2S. The third-order valence-corrected chi connectivity index (χ3v) is 6.97. The molecule has 0 aliphatic rings. The molecule has 0 fully saturated rings. The fourth-order valence-corrected chi connectivity index (χ4v) is 4.80. The van der Waals surface area contributed by atoms with Gasteiger partial charge in [-0.25, -0.2) is 4.98 Å². The van der Waals surface area contributed by atoms with Gasteiger partial charge >= 0.3 is 0 Å². The minimum atomic E-state index is -0.213. The normalized spacial score (nSPS) is 11.1. The fraction of sp³-hybridized carbons (Fsp3) is 0.429. The number of hydrogen-bond donors (Lipinski definition) is 3. The smallest absolute Gasteiger partial charge is 0.256 e. The number of H-pyrrole nitrogens is 1. The predicted octanol–water partition coefficient (Wildman–Crippen LogP) is 7.37. The van der Waals surface area contributed by atoms with Gasteiger partial charge in [-0.05, 0) is 59.1 Å². The van der Waals surface area contributed by atoms with Gasteiger partial charge in [0.05, 0.1) is 12.8 Å². The summed E-state index contributed by atoms with van der Waals surface area (Å²) in [6, 6.07) is 10.3. The largest absolute Gasteiger partial charge is 0.496 e. The average molecular weight is 561 g/mol. The minimum Gasteiger partial charge on any atom is -0.496 e. The second-order valence-corrected chi connectivity index (χ2v) is 11.0. The van der Waals surface area contributed by atoms with Crippen molar-refractivity contribution in [3.8, 4) is 5.75 Å². The highest BCUT2D eigenvalue weighted by molar-refractivity contribution is 9.10. The van der Waals surface area contributed by atoms with Gasteiger partial charge in [0.15, 0.2) is 0 Å². The highest BCUT2D eigenvalue weighted by Crippen LogP contribution is 2.34. The summed E-state index contributed by atoms with van der Waals surface area (Å²) in [5, 5.41) is 0. The number of rotatable bonds is 6. The number of aromatic nitrogens is 2. The van der Waals surface area contributed by atoms with Gasteiger partial charge < -0.3 is 10.5 Å². The lowest BCUT2D eigenvalue weighted by Gasteiger charge is -2.19. The maximum Gasteiger partial charge on any atom is 0.256 e. The Morgan fingerprint density at radius 1 is 1.03 bits per heavy atom. The van der Waals surface area contributed by atoms with Crippen molar-refractivity contribution in [1.29, 1.82) is 0 Å². The van der Waals surface area contributed by atoms with Crippen LogP contribution in [0.25, 0.3) is 0 Å². The first-order chi connectivity index (χ1) is 16.3. The second kappa shape index (κ2) is 12.6. The molecule has 1 heterocycles. The maximum absolute atomic E-state index is 11.9. The molecular weight excluding hydrogens is 522 g/mol. The standard InChI is InChI=1S/C15H24S.C13H14BrN3O2/c1-9(2)12-7-13(10(3)4)15(16)14(8-12)11(5)6;1-7-10(12(18)17-13(15)16-7)5-8-3-4-9(14)6-11(8)19-2/h7-11,16H,1-6H3;3-4,6H,5H2,1-2H3,(H3,15,16,17,18). The Bertz CT molecular complexity index is 1190. The third kappa shape index (κ3) is 7.61. The van der Waals surface area contributed by atoms with Crippen molar-refractivity contribution in [2.24, 2.45) is 0 Å². The summed E-state index contributed by atoms with van der Waals surface area (Å²) in [7, 11) is 1.60. The van der Waals surface area contributed by atoms with Crippen molar-refractivity contribution >= 4 is 34.5 Å². The van der Waals surface area contributed by atoms with Gasteiger partial charge in [0.2, 0.25) is 5.95 Å². The Morgan fingerprint density at radius 2 is 1.60 bits per heavy atom. The van der Waals surface area contributed by atoms with E-state index in [1.807, 2.05) is 18.2 Å². The highest BCUT2D eigenvalue weighted by Gasteiger charge is 2.14. The zero-order valence-corrected chi connectivity index (χ0v) is 24.5. The number of halogens is 1. The van der Waals surface area contributed by atoms with Gasteiger partial charge in [-0.15, -0.1) is 12.6 Å². The lowest BCUT2D eigenvalue weighted by Crippen LogP contribution is -2.18. The predicted molar refractivity (Wildman–Crippen MR) is 153 cm³/mol. The van der Waals surface area contributed by atoms with Crippen molar-refractivity contribution in [2.45, 2.75) is 77.5 Å². The molecule has 0 bridgehead atoms. The molecule has 1 aromatic heterocycles. The van der Waals surface area contributed by atoms with Gasteiger partial charge in [0.25, 0.3) is 5.56 Å². The van der Waals surface area contributed by atoms with Crippen LogP contribution in [-0.2, 0) is 6.42 Å². The Balaban J connectivity index is 0.000000251. The van der Waals surface area contributed by atoms with Crippen LogP contribution in [0.2, 0.25) is 0 Å². The molecule has 5 nitrogen and oxygen atoms in total. The average Bonchev–Trinajstić information content (AvgIpc) is 2.76. The van der Waals surface area contributed by atoms with E-state index in [-0.39, 0.29) is 11.5 Å². The van der Waals surface area contributed by atoms with E-state index >= 15 is 0 Å². The molecule has 0 aliphatic carbocycles. The molecule has 0 aliphatic heterocycles. The summed E-state index contributed by atoms with van der Waals surface area (Å²) in [5.74, 6) is 2.54. The summed E-state index contributed by atoms with van der Waals surface area (Å²) in [4.78, 5) is 19.7. The molecule has 0 saturated heterocycles. The van der Waals surface area contributed by atoms with Crippen LogP contribution in [0.5, 0.6) is 5.75 Å². The van der Waals surface area contributed by atoms with E-state index in [9.17, 15) is 4.79 Å². The molecule has 35 heavy (non-hydrogen) atoms. The first-order valence-electron chi connectivity index (χ1n) is 11.9. The van der Waals surface area contributed by atoms with Crippen LogP contribution >= 0.6 is 28.6 Å². The summed E-state index contributed by atoms with van der Waals surface area (Å²) in [5.41, 5.74) is 11.6. The van der Waals surface area contributed by atoms with Crippen LogP contribution in [-0.4, -0.2) is 17.1 Å². The number of benzene rings is 2. The number of methoxy groups -OCH3 is 1. The van der Waals surface area contributed by atoms with Crippen LogP contribution in [0, 0.1) is 6.92 Å². The van der Waals surface area contributed by atoms with Crippen LogP contribution in [0.4, 0.5) is 5.95 Å². The first-order valence-corrected chi connectivity index (χ1v) is 13.1. The zero-order chi connectivity index (χ0) is 26.4. The van der Waals surface area contributed by atoms with Crippen LogP contribution in [0.1, 0.15) is 92.8 Å². The summed E-state index contributed by atoms with van der Waals surface area (Å²) >= 11 is 8.09. The zero-order valence-electron chi connectivity index (χ0n) is 22.0. The van der Waals surface area contributed by atoms with Gasteiger partial charge in [-0.3, -0.25) is 9.78 Å². The number of nitrogens with one attached hydrogen (secondary N) is 1. The summed E-state index contributed by atoms with van der Waals surface area (Å²) in [6.07, 6.45) is 0.449. The van der Waals surface area contributed by atoms with Gasteiger partial charge in [-0.2, -0.15) is 0 Å². The number of nitrogen functional groups attached to an aromatic ring is 1. The number of anilines is 1. The first kappa shape index (κ1) is 29.0. The summed E-state index contributed by atoms with van der Waals surface area (Å²) < 4.78 is 6.24. The molecule has 0 saturated carbocycles. The number of aryl methyl sites for hydroxylation is 1. The monoisotopic (exact) mass is 559 g/mol. The number of aromatic amines is 1. The van der Waals surface area contributed by atoms with Crippen molar-refractivity contribution in [3.63, 3.8) is 0 Å². The second-order valence-electron chi connectivity index (χ2n) is 9.66. The van der Waals surface area contributed by atoms with E-state index in [1.165, 1.54) is 21.6 Å². The molecule has 3 aromatic rings. The fourth-order valence-electron chi connectivity index (χ4n) is 3.81. The lowest BCUT2D eigenvalue weighted by molar-refractivity contribution is 0.410. The summed E-state index contributed by atoms with van der Waals surface area (Å²) in [6.45, 7) is 15.2. The molecule has 0 spiro atoms. The molecule has 190 valence electrons. The minimum absolute atomic E-state index is 0.133. The van der Waals surface area contributed by atoms with E-state index in [4.69, 9.17) is 23.1 Å². The van der Waals surface area contributed by atoms with Crippen LogP contribution in [0.3, 0.4) is 0 Å². The Labute approximate surface area is 223 Å². The van der Waals surface area contributed by atoms with Crippen LogP contribution < -0.4 is 16.0 Å². The molecule has 0 unspecified atom stereocenters. The van der Waals surface area contributed by atoms with E-state index in [1.54, 1.807) is 14.0 Å². The molecule has 7 heteroatoms. The SMILES string of the molecule is CC(C)c1cc(C(C)C)c(S)c(C(C)C)c1.COc1cc(Br)ccc1Cc1c(C)nc(N)[nH]c1=O. The number of hydrogen-bond acceptors (Lipinski definition) is 5. The quantitative estimate of drug-likeness (QED) is 0.275. The Kier molecular flexibility index (Phi) is 10.5. The number of nitrogens with zero attached hydrogens (tertiary/aromatic N) is 1. The van der Waals surface area contributed by atoms with Crippen molar-refractivity contribution in [2.75, 3.05) is 12.8 Å². The van der Waals surface area contributed by atoms with Crippen molar-refractivity contribution in [3.05, 3.63) is 78.7 Å². The van der Waals surface area contributed by atoms with Gasteiger partial charge in [0, 0.05) is 21.4 Å². The Hall–Kier alpha value is -2.25. The highest BCUT2D eigenvalue weighted by atomic mass is 79.9. The third-order valence-electron chi connectivity index (χ3n) is 5.96. The van der Waals surface area contributed by atoms with E-state index in [0.717, 1.165) is 15.8 Å². The molecule has 0 radical (unpaired) electrons. The Morgan fingerprint density at radius 3 is 2.06 bits per heavy atom. The number of ether oxygens (including phenoxy) is 1. The topological polar surface area (TPSA) is 81.0 Å². The molecule has 0 atom stereocenters. The van der Waals surface area contributed by atoms with Crippen LogP contribution in [0.15, 0.2) is 44.5 Å². The maximum atomic E-state index is 11.9. The van der Waals surface area contributed by atoms with Gasteiger partial charge in [0.1, 0.15) is 5.75 Å². The number of nitrogens with two attached hydrogens (primary N) is 1. The van der Waals surface area contributed by atoms with Crippen molar-refractivity contribution in [1.82, 2.24) is 9.97 Å². The van der Waals surface area contributed by atoms with E-state index in [2.05, 4.69) is 79.6 Å². The van der Waals surface area contributed by atoms with E-state index < -0.39 is 0 Å². The van der Waals surface area contributed by atoms with E-state index in [0.29, 0.717) is 35.4 Å². The van der Waals surface area contributed by atoms with Gasteiger partial charge in [-0.1, -0.05) is 75.7 Å². The molecule has 0 amide bonds. The lowest BCUT2D eigenvalue weighted by atomic mass is 9.89. The van der Waals surface area contributed by atoms with Crippen molar-refractivity contribution < 1.29 is 4.74 Å². The number of thiol groups is 1. The molecule has 3 N–H and O–H groups in total. The molecule has 3 rings (SSSR count).